The molecule has 0 aromatic heterocycles. The third kappa shape index (κ3) is 4.85. The van der Waals surface area contributed by atoms with Crippen LogP contribution in [0, 0.1) is 0 Å². The third-order valence-corrected chi connectivity index (χ3v) is 2.60. The first-order valence-corrected chi connectivity index (χ1v) is 6.20. The van der Waals surface area contributed by atoms with Gasteiger partial charge in [0.05, 0.1) is 12.1 Å². The molecular formula is C14H22N2O2. The summed E-state index contributed by atoms with van der Waals surface area (Å²) >= 11 is 0. The summed E-state index contributed by atoms with van der Waals surface area (Å²) in [6.07, 6.45) is 0. The van der Waals surface area contributed by atoms with Gasteiger partial charge in [-0.05, 0) is 26.3 Å². The van der Waals surface area contributed by atoms with Crippen molar-refractivity contribution < 1.29 is 9.90 Å². The zero-order chi connectivity index (χ0) is 13.6. The maximum absolute atomic E-state index is 11.4. The molecule has 100 valence electrons. The second-order valence-electron chi connectivity index (χ2n) is 4.97. The monoisotopic (exact) mass is 250 g/mol. The molecule has 4 nitrogen and oxygen atoms in total. The summed E-state index contributed by atoms with van der Waals surface area (Å²) < 4.78 is 0. The molecule has 0 saturated carbocycles. The smallest absolute Gasteiger partial charge is 0.234 e. The fourth-order valence-corrected chi connectivity index (χ4v) is 1.69. The Hall–Kier alpha value is -1.39. The predicted octanol–water partition coefficient (Wildman–Crippen LogP) is 1.01. The Labute approximate surface area is 108 Å². The molecule has 1 unspecified atom stereocenters. The van der Waals surface area contributed by atoms with Crippen molar-refractivity contribution >= 4 is 5.91 Å². The normalized spacial score (nSPS) is 14.3. The molecule has 18 heavy (non-hydrogen) atoms. The van der Waals surface area contributed by atoms with E-state index in [0.717, 1.165) is 5.56 Å². The van der Waals surface area contributed by atoms with Crippen molar-refractivity contribution in [3.05, 3.63) is 35.9 Å². The van der Waals surface area contributed by atoms with Gasteiger partial charge in [-0.15, -0.1) is 0 Å². The number of hydrogen-bond acceptors (Lipinski definition) is 3. The van der Waals surface area contributed by atoms with Crippen LogP contribution in [-0.2, 0) is 10.4 Å². The van der Waals surface area contributed by atoms with Crippen molar-refractivity contribution in [1.82, 2.24) is 10.6 Å². The van der Waals surface area contributed by atoms with Crippen molar-refractivity contribution in [2.45, 2.75) is 32.4 Å². The fourth-order valence-electron chi connectivity index (χ4n) is 1.69. The highest BCUT2D eigenvalue weighted by Gasteiger charge is 2.22. The van der Waals surface area contributed by atoms with Gasteiger partial charge in [-0.3, -0.25) is 4.79 Å². The standard InChI is InChI=1S/C14H22N2O2/c1-11(2)16-13(17)9-15-10-14(3,18)12-7-5-4-6-8-12/h4-8,11,15,18H,9-10H2,1-3H3,(H,16,17). The number of hydrogen-bond donors (Lipinski definition) is 3. The summed E-state index contributed by atoms with van der Waals surface area (Å²) in [6, 6.07) is 9.55. The zero-order valence-electron chi connectivity index (χ0n) is 11.2. The van der Waals surface area contributed by atoms with E-state index < -0.39 is 5.60 Å². The lowest BCUT2D eigenvalue weighted by molar-refractivity contribution is -0.120. The van der Waals surface area contributed by atoms with Gasteiger partial charge in [-0.2, -0.15) is 0 Å². The number of carbonyl (C=O) groups excluding carboxylic acids is 1. The van der Waals surface area contributed by atoms with E-state index in [4.69, 9.17) is 0 Å². The summed E-state index contributed by atoms with van der Waals surface area (Å²) in [5, 5.41) is 16.0. The van der Waals surface area contributed by atoms with Gasteiger partial charge in [0.15, 0.2) is 0 Å². The van der Waals surface area contributed by atoms with E-state index in [9.17, 15) is 9.90 Å². The van der Waals surface area contributed by atoms with Crippen molar-refractivity contribution in [3.8, 4) is 0 Å². The molecule has 0 spiro atoms. The molecular weight excluding hydrogens is 228 g/mol. The molecule has 0 saturated heterocycles. The topological polar surface area (TPSA) is 61.4 Å². The van der Waals surface area contributed by atoms with Crippen LogP contribution in [0.3, 0.4) is 0 Å². The second-order valence-corrected chi connectivity index (χ2v) is 4.97. The second kappa shape index (κ2) is 6.52. The van der Waals surface area contributed by atoms with Gasteiger partial charge in [0.2, 0.25) is 5.91 Å². The van der Waals surface area contributed by atoms with Crippen LogP contribution in [0.4, 0.5) is 0 Å². The lowest BCUT2D eigenvalue weighted by atomic mass is 9.96. The number of rotatable bonds is 6. The number of aliphatic hydroxyl groups is 1. The summed E-state index contributed by atoms with van der Waals surface area (Å²) in [4.78, 5) is 11.4. The Morgan fingerprint density at radius 2 is 1.94 bits per heavy atom. The molecule has 3 N–H and O–H groups in total. The van der Waals surface area contributed by atoms with Crippen LogP contribution >= 0.6 is 0 Å². The van der Waals surface area contributed by atoms with Crippen LogP contribution < -0.4 is 10.6 Å². The Morgan fingerprint density at radius 1 is 1.33 bits per heavy atom. The molecule has 0 heterocycles. The molecule has 0 aliphatic carbocycles. The van der Waals surface area contributed by atoms with E-state index in [1.54, 1.807) is 6.92 Å². The van der Waals surface area contributed by atoms with Crippen LogP contribution in [0.1, 0.15) is 26.3 Å². The maximum atomic E-state index is 11.4. The molecule has 0 bridgehead atoms. The van der Waals surface area contributed by atoms with Crippen LogP contribution in [0.2, 0.25) is 0 Å². The number of nitrogens with one attached hydrogen (secondary N) is 2. The van der Waals surface area contributed by atoms with E-state index >= 15 is 0 Å². The average Bonchev–Trinajstić information content (AvgIpc) is 2.29. The SMILES string of the molecule is CC(C)NC(=O)CNCC(C)(O)c1ccccc1. The highest BCUT2D eigenvalue weighted by Crippen LogP contribution is 2.18. The third-order valence-electron chi connectivity index (χ3n) is 2.60. The first kappa shape index (κ1) is 14.7. The molecule has 4 heteroatoms. The largest absolute Gasteiger partial charge is 0.384 e. The van der Waals surface area contributed by atoms with Crippen molar-refractivity contribution in [2.75, 3.05) is 13.1 Å². The highest BCUT2D eigenvalue weighted by atomic mass is 16.3. The summed E-state index contributed by atoms with van der Waals surface area (Å²) in [7, 11) is 0. The first-order chi connectivity index (χ1) is 8.42. The molecule has 1 amide bonds. The van der Waals surface area contributed by atoms with Crippen LogP contribution in [0.15, 0.2) is 30.3 Å². The summed E-state index contributed by atoms with van der Waals surface area (Å²) in [5.74, 6) is -0.0612. The molecule has 0 aliphatic rings. The van der Waals surface area contributed by atoms with E-state index in [2.05, 4.69) is 10.6 Å². The molecule has 1 rings (SSSR count). The Morgan fingerprint density at radius 3 is 2.50 bits per heavy atom. The van der Waals surface area contributed by atoms with Gasteiger partial charge < -0.3 is 15.7 Å². The molecule has 0 aliphatic heterocycles. The van der Waals surface area contributed by atoms with E-state index in [0.29, 0.717) is 6.54 Å². The van der Waals surface area contributed by atoms with Gasteiger partial charge in [-0.1, -0.05) is 30.3 Å². The van der Waals surface area contributed by atoms with Crippen molar-refractivity contribution in [2.24, 2.45) is 0 Å². The molecule has 1 aromatic rings. The van der Waals surface area contributed by atoms with Crippen molar-refractivity contribution in [3.63, 3.8) is 0 Å². The minimum absolute atomic E-state index is 0.0612. The summed E-state index contributed by atoms with van der Waals surface area (Å²) in [5.41, 5.74) is -0.138. The minimum atomic E-state index is -0.973. The number of carbonyl (C=O) groups is 1. The van der Waals surface area contributed by atoms with E-state index in [-0.39, 0.29) is 18.5 Å². The first-order valence-electron chi connectivity index (χ1n) is 6.20. The molecule has 1 atom stereocenters. The van der Waals surface area contributed by atoms with Gasteiger partial charge in [0.1, 0.15) is 0 Å². The lowest BCUT2D eigenvalue weighted by Crippen LogP contribution is -2.42. The van der Waals surface area contributed by atoms with Gasteiger partial charge in [0, 0.05) is 12.6 Å². The van der Waals surface area contributed by atoms with Crippen LogP contribution in [-0.4, -0.2) is 30.1 Å². The van der Waals surface area contributed by atoms with Crippen molar-refractivity contribution in [1.29, 1.82) is 0 Å². The minimum Gasteiger partial charge on any atom is -0.384 e. The molecule has 0 fully saturated rings. The van der Waals surface area contributed by atoms with Crippen LogP contribution in [0.25, 0.3) is 0 Å². The van der Waals surface area contributed by atoms with Gasteiger partial charge in [-0.25, -0.2) is 0 Å². The van der Waals surface area contributed by atoms with E-state index in [1.165, 1.54) is 0 Å². The number of benzene rings is 1. The lowest BCUT2D eigenvalue weighted by Gasteiger charge is -2.24. The summed E-state index contributed by atoms with van der Waals surface area (Å²) in [6.45, 7) is 6.11. The Bertz CT molecular complexity index is 375. The maximum Gasteiger partial charge on any atom is 0.234 e. The van der Waals surface area contributed by atoms with E-state index in [1.807, 2.05) is 44.2 Å². The van der Waals surface area contributed by atoms with Crippen LogP contribution in [0.5, 0.6) is 0 Å². The highest BCUT2D eigenvalue weighted by molar-refractivity contribution is 5.78. The quantitative estimate of drug-likeness (QED) is 0.706. The Kier molecular flexibility index (Phi) is 5.31. The Balaban J connectivity index is 2.41. The number of amides is 1. The fraction of sp³-hybridized carbons (Fsp3) is 0.500. The predicted molar refractivity (Wildman–Crippen MR) is 72.2 cm³/mol. The molecule has 0 radical (unpaired) electrons. The van der Waals surface area contributed by atoms with Gasteiger partial charge in [0.25, 0.3) is 0 Å². The zero-order valence-corrected chi connectivity index (χ0v) is 11.2. The average molecular weight is 250 g/mol. The van der Waals surface area contributed by atoms with Gasteiger partial charge >= 0.3 is 0 Å². The molecule has 1 aromatic carbocycles.